The number of hydrogen-bond acceptors (Lipinski definition) is 4. The first-order valence-electron chi connectivity index (χ1n) is 6.17. The van der Waals surface area contributed by atoms with E-state index < -0.39 is 6.09 Å². The lowest BCUT2D eigenvalue weighted by molar-refractivity contribution is -0.123. The maximum atomic E-state index is 11.9. The van der Waals surface area contributed by atoms with Gasteiger partial charge >= 0.3 is 6.09 Å². The van der Waals surface area contributed by atoms with E-state index in [1.165, 1.54) is 11.1 Å². The van der Waals surface area contributed by atoms with Gasteiger partial charge in [-0.25, -0.2) is 4.79 Å². The molecule has 0 unspecified atom stereocenters. The molecule has 1 aromatic carbocycles. The summed E-state index contributed by atoms with van der Waals surface area (Å²) in [5.74, 6) is -0.0948. The van der Waals surface area contributed by atoms with E-state index in [1.54, 1.807) is 0 Å². The van der Waals surface area contributed by atoms with Crippen LogP contribution in [0.25, 0.3) is 0 Å². The minimum absolute atomic E-state index is 0.0877. The Bertz CT molecular complexity index is 476. The zero-order valence-corrected chi connectivity index (χ0v) is 10.5. The molecule has 0 saturated heterocycles. The molecule has 2 rings (SSSR count). The molecule has 0 spiro atoms. The van der Waals surface area contributed by atoms with Crippen molar-refractivity contribution in [2.75, 3.05) is 13.2 Å². The van der Waals surface area contributed by atoms with E-state index in [0.717, 1.165) is 0 Å². The fourth-order valence-corrected chi connectivity index (χ4v) is 2.09. The zero-order valence-electron chi connectivity index (χ0n) is 10.5. The molecular formula is C13H17N3O3. The highest BCUT2D eigenvalue weighted by molar-refractivity contribution is 5.82. The normalized spacial score (nSPS) is 17.4. The summed E-state index contributed by atoms with van der Waals surface area (Å²) in [4.78, 5) is 22.3. The van der Waals surface area contributed by atoms with Crippen molar-refractivity contribution in [2.45, 2.75) is 19.0 Å². The lowest BCUT2D eigenvalue weighted by Crippen LogP contribution is -2.48. The molecule has 4 N–H and O–H groups in total. The number of carbonyl (C=O) groups is 2. The van der Waals surface area contributed by atoms with E-state index in [0.29, 0.717) is 13.0 Å². The predicted molar refractivity (Wildman–Crippen MR) is 69.3 cm³/mol. The highest BCUT2D eigenvalue weighted by Crippen LogP contribution is 2.16. The molecule has 0 bridgehead atoms. The second kappa shape index (κ2) is 6.19. The Morgan fingerprint density at radius 1 is 1.37 bits per heavy atom. The molecule has 102 valence electrons. The standard InChI is InChI=1S/C13H17N3O3/c14-13(18)19-6-5-15-12(17)11-7-9-3-1-2-4-10(9)8-16-11/h1-4,11,16H,5-8H2,(H2,14,18)(H,15,17)/t11-/m0/s1. The van der Waals surface area contributed by atoms with E-state index in [4.69, 9.17) is 5.73 Å². The van der Waals surface area contributed by atoms with Crippen LogP contribution >= 0.6 is 0 Å². The molecule has 1 aromatic rings. The molecule has 19 heavy (non-hydrogen) atoms. The average Bonchev–Trinajstić information content (AvgIpc) is 2.42. The molecule has 0 saturated carbocycles. The minimum atomic E-state index is -0.834. The van der Waals surface area contributed by atoms with Gasteiger partial charge in [0.05, 0.1) is 12.6 Å². The molecule has 1 aliphatic heterocycles. The van der Waals surface area contributed by atoms with E-state index >= 15 is 0 Å². The van der Waals surface area contributed by atoms with Crippen molar-refractivity contribution >= 4 is 12.0 Å². The molecule has 6 nitrogen and oxygen atoms in total. The van der Waals surface area contributed by atoms with Crippen LogP contribution in [0.5, 0.6) is 0 Å². The number of ether oxygens (including phenoxy) is 1. The Hall–Kier alpha value is -2.08. The molecule has 2 amide bonds. The average molecular weight is 263 g/mol. The van der Waals surface area contributed by atoms with Crippen molar-refractivity contribution in [1.82, 2.24) is 10.6 Å². The smallest absolute Gasteiger partial charge is 0.404 e. The summed E-state index contributed by atoms with van der Waals surface area (Å²) in [6, 6.07) is 7.80. The molecule has 0 fully saturated rings. The van der Waals surface area contributed by atoms with Crippen molar-refractivity contribution in [3.63, 3.8) is 0 Å². The topological polar surface area (TPSA) is 93.5 Å². The van der Waals surface area contributed by atoms with Crippen LogP contribution in [0.1, 0.15) is 11.1 Å². The first-order valence-corrected chi connectivity index (χ1v) is 6.17. The molecule has 1 atom stereocenters. The van der Waals surface area contributed by atoms with Gasteiger partial charge in [-0.3, -0.25) is 4.79 Å². The van der Waals surface area contributed by atoms with Crippen LogP contribution in [-0.2, 0) is 22.5 Å². The second-order valence-electron chi connectivity index (χ2n) is 4.36. The largest absolute Gasteiger partial charge is 0.448 e. The number of nitrogens with one attached hydrogen (secondary N) is 2. The summed E-state index contributed by atoms with van der Waals surface area (Å²) in [6.45, 7) is 1.04. The number of fused-ring (bicyclic) bond motifs is 1. The van der Waals surface area contributed by atoms with Crippen molar-refractivity contribution < 1.29 is 14.3 Å². The van der Waals surface area contributed by atoms with E-state index in [9.17, 15) is 9.59 Å². The molecule has 6 heteroatoms. The number of primary amides is 1. The van der Waals surface area contributed by atoms with Gasteiger partial charge in [0.1, 0.15) is 6.61 Å². The number of hydrogen-bond donors (Lipinski definition) is 3. The van der Waals surface area contributed by atoms with Crippen LogP contribution in [0.15, 0.2) is 24.3 Å². The van der Waals surface area contributed by atoms with Gasteiger partial charge in [0.15, 0.2) is 0 Å². The maximum Gasteiger partial charge on any atom is 0.404 e. The number of amides is 2. The van der Waals surface area contributed by atoms with E-state index in [-0.39, 0.29) is 25.1 Å². The number of nitrogens with two attached hydrogens (primary N) is 1. The minimum Gasteiger partial charge on any atom is -0.448 e. The molecular weight excluding hydrogens is 246 g/mol. The lowest BCUT2D eigenvalue weighted by Gasteiger charge is -2.25. The third kappa shape index (κ3) is 3.69. The van der Waals surface area contributed by atoms with Crippen LogP contribution in [0.4, 0.5) is 4.79 Å². The fraction of sp³-hybridized carbons (Fsp3) is 0.385. The molecule has 0 aliphatic carbocycles. The van der Waals surface area contributed by atoms with Crippen LogP contribution in [0.3, 0.4) is 0 Å². The third-order valence-corrected chi connectivity index (χ3v) is 3.04. The highest BCUT2D eigenvalue weighted by atomic mass is 16.5. The van der Waals surface area contributed by atoms with Crippen LogP contribution in [-0.4, -0.2) is 31.2 Å². The third-order valence-electron chi connectivity index (χ3n) is 3.04. The van der Waals surface area contributed by atoms with Crippen LogP contribution < -0.4 is 16.4 Å². The summed E-state index contributed by atoms with van der Waals surface area (Å²) in [5.41, 5.74) is 7.23. The van der Waals surface area contributed by atoms with Crippen molar-refractivity contribution in [2.24, 2.45) is 5.73 Å². The Kier molecular flexibility index (Phi) is 4.35. The van der Waals surface area contributed by atoms with Gasteiger partial charge in [-0.15, -0.1) is 0 Å². The molecule has 1 heterocycles. The quantitative estimate of drug-likeness (QED) is 0.662. The number of carbonyl (C=O) groups excluding carboxylic acids is 2. The lowest BCUT2D eigenvalue weighted by atomic mass is 9.95. The van der Waals surface area contributed by atoms with Crippen molar-refractivity contribution in [3.8, 4) is 0 Å². The van der Waals surface area contributed by atoms with Crippen LogP contribution in [0, 0.1) is 0 Å². The monoisotopic (exact) mass is 263 g/mol. The van der Waals surface area contributed by atoms with Crippen molar-refractivity contribution in [3.05, 3.63) is 35.4 Å². The van der Waals surface area contributed by atoms with Gasteiger partial charge < -0.3 is 21.1 Å². The van der Waals surface area contributed by atoms with Gasteiger partial charge in [0.25, 0.3) is 0 Å². The van der Waals surface area contributed by atoms with E-state index in [1.807, 2.05) is 18.2 Å². The Labute approximate surface area is 111 Å². The number of rotatable bonds is 4. The van der Waals surface area contributed by atoms with Gasteiger partial charge in [0, 0.05) is 6.54 Å². The summed E-state index contributed by atoms with van der Waals surface area (Å²) in [7, 11) is 0. The summed E-state index contributed by atoms with van der Waals surface area (Å²) in [5, 5.41) is 5.88. The van der Waals surface area contributed by atoms with Gasteiger partial charge in [-0.2, -0.15) is 0 Å². The first kappa shape index (κ1) is 13.4. The Balaban J connectivity index is 1.80. The summed E-state index contributed by atoms with van der Waals surface area (Å²) in [6.07, 6.45) is -0.169. The molecule has 0 radical (unpaired) electrons. The summed E-state index contributed by atoms with van der Waals surface area (Å²) < 4.78 is 4.54. The Morgan fingerprint density at radius 2 is 2.11 bits per heavy atom. The van der Waals surface area contributed by atoms with Crippen LogP contribution in [0.2, 0.25) is 0 Å². The van der Waals surface area contributed by atoms with Gasteiger partial charge in [-0.1, -0.05) is 24.3 Å². The van der Waals surface area contributed by atoms with Gasteiger partial charge in [-0.05, 0) is 17.5 Å². The summed E-state index contributed by atoms with van der Waals surface area (Å²) >= 11 is 0. The van der Waals surface area contributed by atoms with E-state index in [2.05, 4.69) is 21.4 Å². The molecule has 1 aliphatic rings. The highest BCUT2D eigenvalue weighted by Gasteiger charge is 2.23. The Morgan fingerprint density at radius 3 is 2.84 bits per heavy atom. The first-order chi connectivity index (χ1) is 9.16. The number of benzene rings is 1. The van der Waals surface area contributed by atoms with Gasteiger partial charge in [0.2, 0.25) is 5.91 Å². The molecule has 0 aromatic heterocycles. The van der Waals surface area contributed by atoms with Crippen molar-refractivity contribution in [1.29, 1.82) is 0 Å². The maximum absolute atomic E-state index is 11.9. The zero-order chi connectivity index (χ0) is 13.7. The second-order valence-corrected chi connectivity index (χ2v) is 4.36. The SMILES string of the molecule is NC(=O)OCCNC(=O)[C@@H]1Cc2ccccc2CN1. The predicted octanol–water partition coefficient (Wildman–Crippen LogP) is -0.0876. The fourth-order valence-electron chi connectivity index (χ4n) is 2.09.